The summed E-state index contributed by atoms with van der Waals surface area (Å²) in [4.78, 5) is 2.33. The number of hydrogen-bond acceptors (Lipinski definition) is 2. The van der Waals surface area contributed by atoms with E-state index in [1.165, 1.54) is 5.56 Å². The quantitative estimate of drug-likeness (QED) is 0.549. The maximum Gasteiger partial charge on any atom is 0.0314 e. The second-order valence-corrected chi connectivity index (χ2v) is 4.18. The Morgan fingerprint density at radius 3 is 2.18 bits per heavy atom. The van der Waals surface area contributed by atoms with Gasteiger partial charge in [-0.2, -0.15) is 0 Å². The van der Waals surface area contributed by atoms with Crippen molar-refractivity contribution >= 4 is 5.69 Å². The van der Waals surface area contributed by atoms with Gasteiger partial charge in [-0.25, -0.2) is 0 Å². The van der Waals surface area contributed by atoms with Crippen molar-refractivity contribution in [2.24, 2.45) is 0 Å². The molecular weight excluding hydrogens is 208 g/mol. The molecule has 2 heteroatoms. The molecule has 0 amide bonds. The van der Waals surface area contributed by atoms with E-state index in [2.05, 4.69) is 30.2 Å². The molecule has 2 nitrogen and oxygen atoms in total. The molecule has 1 rings (SSSR count). The lowest BCUT2D eigenvalue weighted by atomic mass is 10.1. The van der Waals surface area contributed by atoms with Crippen molar-refractivity contribution in [3.8, 4) is 0 Å². The Morgan fingerprint density at radius 1 is 1.06 bits per heavy atom. The maximum atomic E-state index is 5.65. The lowest BCUT2D eigenvalue weighted by molar-refractivity contribution is 0.330. The summed E-state index contributed by atoms with van der Waals surface area (Å²) in [5, 5.41) is 0. The standard InChI is InChI=1S/C15H22N2/c1-3-11-17(12-4-2)13-5-6-14-7-9-15(16)10-8-14/h3-4,7-10H,1-2,5-6,11-13,16H2. The van der Waals surface area contributed by atoms with Crippen LogP contribution in [0, 0.1) is 0 Å². The molecule has 2 N–H and O–H groups in total. The molecule has 0 fully saturated rings. The second-order valence-electron chi connectivity index (χ2n) is 4.18. The van der Waals surface area contributed by atoms with Crippen LogP contribution in [-0.2, 0) is 6.42 Å². The Balaban J connectivity index is 2.32. The molecule has 0 saturated carbocycles. The zero-order valence-electron chi connectivity index (χ0n) is 10.4. The van der Waals surface area contributed by atoms with Crippen LogP contribution in [0.3, 0.4) is 0 Å². The summed E-state index contributed by atoms with van der Waals surface area (Å²) >= 11 is 0. The van der Waals surface area contributed by atoms with Gasteiger partial charge >= 0.3 is 0 Å². The van der Waals surface area contributed by atoms with Crippen molar-refractivity contribution in [2.75, 3.05) is 25.4 Å². The Kier molecular flexibility index (Phi) is 6.12. The highest BCUT2D eigenvalue weighted by molar-refractivity contribution is 5.39. The number of aryl methyl sites for hydroxylation is 1. The van der Waals surface area contributed by atoms with E-state index >= 15 is 0 Å². The van der Waals surface area contributed by atoms with E-state index in [0.717, 1.165) is 38.2 Å². The number of hydrogen-bond donors (Lipinski definition) is 1. The molecule has 17 heavy (non-hydrogen) atoms. The van der Waals surface area contributed by atoms with Crippen LogP contribution in [0.15, 0.2) is 49.6 Å². The summed E-state index contributed by atoms with van der Waals surface area (Å²) in [6.07, 6.45) is 6.11. The average molecular weight is 230 g/mol. The molecular formula is C15H22N2. The summed E-state index contributed by atoms with van der Waals surface area (Å²) in [5.41, 5.74) is 7.82. The van der Waals surface area contributed by atoms with Crippen LogP contribution in [0.2, 0.25) is 0 Å². The maximum absolute atomic E-state index is 5.65. The molecule has 0 spiro atoms. The van der Waals surface area contributed by atoms with Crippen molar-refractivity contribution in [3.05, 3.63) is 55.1 Å². The van der Waals surface area contributed by atoms with Gasteiger partial charge in [0, 0.05) is 18.8 Å². The van der Waals surface area contributed by atoms with Gasteiger partial charge in [0.15, 0.2) is 0 Å². The fraction of sp³-hybridized carbons (Fsp3) is 0.333. The second kappa shape index (κ2) is 7.69. The molecule has 0 saturated heterocycles. The molecule has 0 aliphatic carbocycles. The summed E-state index contributed by atoms with van der Waals surface area (Å²) in [7, 11) is 0. The van der Waals surface area contributed by atoms with Crippen LogP contribution in [0.4, 0.5) is 5.69 Å². The molecule has 0 aromatic heterocycles. The van der Waals surface area contributed by atoms with E-state index in [1.807, 2.05) is 24.3 Å². The first-order chi connectivity index (χ1) is 8.26. The average Bonchev–Trinajstić information content (AvgIpc) is 2.32. The van der Waals surface area contributed by atoms with Gasteiger partial charge < -0.3 is 5.73 Å². The van der Waals surface area contributed by atoms with Crippen LogP contribution in [-0.4, -0.2) is 24.5 Å². The van der Waals surface area contributed by atoms with E-state index < -0.39 is 0 Å². The van der Waals surface area contributed by atoms with Gasteiger partial charge in [0.1, 0.15) is 0 Å². The highest BCUT2D eigenvalue weighted by Crippen LogP contribution is 2.08. The lowest BCUT2D eigenvalue weighted by Crippen LogP contribution is -2.25. The first-order valence-electron chi connectivity index (χ1n) is 6.05. The smallest absolute Gasteiger partial charge is 0.0314 e. The Morgan fingerprint density at radius 2 is 1.65 bits per heavy atom. The van der Waals surface area contributed by atoms with Gasteiger partial charge in [-0.1, -0.05) is 24.3 Å². The predicted molar refractivity (Wildman–Crippen MR) is 76.0 cm³/mol. The van der Waals surface area contributed by atoms with Crippen LogP contribution in [0.1, 0.15) is 12.0 Å². The van der Waals surface area contributed by atoms with E-state index in [4.69, 9.17) is 5.73 Å². The van der Waals surface area contributed by atoms with Crippen molar-refractivity contribution in [3.63, 3.8) is 0 Å². The molecule has 0 aliphatic heterocycles. The fourth-order valence-electron chi connectivity index (χ4n) is 1.81. The van der Waals surface area contributed by atoms with E-state index in [-0.39, 0.29) is 0 Å². The minimum Gasteiger partial charge on any atom is -0.399 e. The van der Waals surface area contributed by atoms with Crippen LogP contribution < -0.4 is 5.73 Å². The van der Waals surface area contributed by atoms with E-state index in [0.29, 0.717) is 0 Å². The van der Waals surface area contributed by atoms with Crippen molar-refractivity contribution in [2.45, 2.75) is 12.8 Å². The first-order valence-corrected chi connectivity index (χ1v) is 6.05. The Bertz CT molecular complexity index is 330. The van der Waals surface area contributed by atoms with Crippen molar-refractivity contribution in [1.29, 1.82) is 0 Å². The monoisotopic (exact) mass is 230 g/mol. The van der Waals surface area contributed by atoms with Gasteiger partial charge in [0.2, 0.25) is 0 Å². The molecule has 0 aliphatic rings. The summed E-state index contributed by atoms with van der Waals surface area (Å²) in [6.45, 7) is 10.5. The Hall–Kier alpha value is -1.54. The number of nitrogens with two attached hydrogens (primary N) is 1. The van der Waals surface area contributed by atoms with Crippen LogP contribution in [0.25, 0.3) is 0 Å². The van der Waals surface area contributed by atoms with Gasteiger partial charge in [0.25, 0.3) is 0 Å². The van der Waals surface area contributed by atoms with E-state index in [1.54, 1.807) is 0 Å². The zero-order valence-corrected chi connectivity index (χ0v) is 10.4. The predicted octanol–water partition coefficient (Wildman–Crippen LogP) is 2.88. The summed E-state index contributed by atoms with van der Waals surface area (Å²) < 4.78 is 0. The third-order valence-electron chi connectivity index (χ3n) is 2.69. The topological polar surface area (TPSA) is 29.3 Å². The molecule has 0 atom stereocenters. The highest BCUT2D eigenvalue weighted by Gasteiger charge is 2.00. The number of rotatable bonds is 8. The number of anilines is 1. The zero-order chi connectivity index (χ0) is 12.5. The number of nitrogen functional groups attached to an aromatic ring is 1. The van der Waals surface area contributed by atoms with Gasteiger partial charge in [-0.3, -0.25) is 4.90 Å². The molecule has 0 bridgehead atoms. The van der Waals surface area contributed by atoms with Crippen molar-refractivity contribution in [1.82, 2.24) is 4.90 Å². The SMILES string of the molecule is C=CCN(CC=C)CCCc1ccc(N)cc1. The molecule has 1 aromatic rings. The number of nitrogens with zero attached hydrogens (tertiary/aromatic N) is 1. The molecule has 92 valence electrons. The fourth-order valence-corrected chi connectivity index (χ4v) is 1.81. The first kappa shape index (κ1) is 13.5. The molecule has 0 radical (unpaired) electrons. The minimum atomic E-state index is 0.827. The van der Waals surface area contributed by atoms with E-state index in [9.17, 15) is 0 Å². The number of benzene rings is 1. The Labute approximate surface area is 104 Å². The third-order valence-corrected chi connectivity index (χ3v) is 2.69. The summed E-state index contributed by atoms with van der Waals surface area (Å²) in [5.74, 6) is 0. The van der Waals surface area contributed by atoms with Gasteiger partial charge in [-0.15, -0.1) is 13.2 Å². The van der Waals surface area contributed by atoms with Crippen molar-refractivity contribution < 1.29 is 0 Å². The lowest BCUT2D eigenvalue weighted by Gasteiger charge is -2.18. The third kappa shape index (κ3) is 5.36. The minimum absolute atomic E-state index is 0.827. The van der Waals surface area contributed by atoms with Crippen LogP contribution >= 0.6 is 0 Å². The van der Waals surface area contributed by atoms with Gasteiger partial charge in [-0.05, 0) is 37.1 Å². The largest absolute Gasteiger partial charge is 0.399 e. The molecule has 1 aromatic carbocycles. The van der Waals surface area contributed by atoms with Crippen LogP contribution in [0.5, 0.6) is 0 Å². The summed E-state index contributed by atoms with van der Waals surface area (Å²) in [6, 6.07) is 8.11. The molecule has 0 heterocycles. The normalized spacial score (nSPS) is 10.4. The highest BCUT2D eigenvalue weighted by atomic mass is 15.1. The van der Waals surface area contributed by atoms with Gasteiger partial charge in [0.05, 0.1) is 0 Å². The molecule has 0 unspecified atom stereocenters.